The zero-order valence-corrected chi connectivity index (χ0v) is 15.4. The molecular weight excluding hydrogens is 338 g/mol. The smallest absolute Gasteiger partial charge is 0.343 e. The Labute approximate surface area is 151 Å². The first-order valence-electron chi connectivity index (χ1n) is 8.20. The molecule has 0 fully saturated rings. The Bertz CT molecular complexity index is 782. The van der Waals surface area contributed by atoms with Crippen molar-refractivity contribution in [1.82, 2.24) is 9.97 Å². The normalized spacial score (nSPS) is 15.9. The third kappa shape index (κ3) is 3.87. The molecule has 1 unspecified atom stereocenters. The standard InChI is InChI=1S/C18H21N3O3S/c1-4-23-17(22)13-10-19-18(25-3)21-16(13)20-14-7-8-24-15-6-5-11(2)9-12(14)15/h5-6,9-10,14H,4,7-8H2,1-3H3,(H,19,20,21). The van der Waals surface area contributed by atoms with Gasteiger partial charge in [-0.05, 0) is 26.2 Å². The molecule has 1 aromatic heterocycles. The highest BCUT2D eigenvalue weighted by Crippen LogP contribution is 2.35. The van der Waals surface area contributed by atoms with Gasteiger partial charge in [-0.3, -0.25) is 0 Å². The second kappa shape index (κ2) is 7.74. The summed E-state index contributed by atoms with van der Waals surface area (Å²) in [4.78, 5) is 20.9. The highest BCUT2D eigenvalue weighted by Gasteiger charge is 2.25. The van der Waals surface area contributed by atoms with E-state index >= 15 is 0 Å². The molecular formula is C18H21N3O3S. The largest absolute Gasteiger partial charge is 0.493 e. The number of thioether (sulfide) groups is 1. The van der Waals surface area contributed by atoms with E-state index in [0.717, 1.165) is 23.3 Å². The molecule has 6 nitrogen and oxygen atoms in total. The van der Waals surface area contributed by atoms with E-state index in [4.69, 9.17) is 9.47 Å². The first-order valence-corrected chi connectivity index (χ1v) is 9.43. The number of esters is 1. The van der Waals surface area contributed by atoms with Crippen molar-refractivity contribution in [2.24, 2.45) is 0 Å². The van der Waals surface area contributed by atoms with Crippen LogP contribution in [0.5, 0.6) is 5.75 Å². The molecule has 25 heavy (non-hydrogen) atoms. The summed E-state index contributed by atoms with van der Waals surface area (Å²) in [5, 5.41) is 4.01. The summed E-state index contributed by atoms with van der Waals surface area (Å²) in [6, 6.07) is 6.13. The molecule has 0 aliphatic carbocycles. The third-order valence-electron chi connectivity index (χ3n) is 3.96. The molecule has 7 heteroatoms. The lowest BCUT2D eigenvalue weighted by Crippen LogP contribution is -2.22. The van der Waals surface area contributed by atoms with Gasteiger partial charge in [-0.1, -0.05) is 29.5 Å². The van der Waals surface area contributed by atoms with Gasteiger partial charge in [0, 0.05) is 18.2 Å². The van der Waals surface area contributed by atoms with Gasteiger partial charge in [-0.15, -0.1) is 0 Å². The molecule has 1 aliphatic rings. The van der Waals surface area contributed by atoms with Crippen LogP contribution in [0.2, 0.25) is 0 Å². The SMILES string of the molecule is CCOC(=O)c1cnc(SC)nc1NC1CCOc2ccc(C)cc21. The van der Waals surface area contributed by atoms with Crippen molar-refractivity contribution in [3.8, 4) is 5.75 Å². The monoisotopic (exact) mass is 359 g/mol. The van der Waals surface area contributed by atoms with Crippen molar-refractivity contribution in [2.45, 2.75) is 31.5 Å². The third-order valence-corrected chi connectivity index (χ3v) is 4.52. The topological polar surface area (TPSA) is 73.3 Å². The quantitative estimate of drug-likeness (QED) is 0.496. The molecule has 0 radical (unpaired) electrons. The minimum absolute atomic E-state index is 0.0152. The average molecular weight is 359 g/mol. The van der Waals surface area contributed by atoms with Gasteiger partial charge in [0.05, 0.1) is 19.3 Å². The predicted octanol–water partition coefficient (Wildman–Crippen LogP) is 3.62. The Morgan fingerprint density at radius 3 is 3.08 bits per heavy atom. The van der Waals surface area contributed by atoms with E-state index < -0.39 is 5.97 Å². The number of carbonyl (C=O) groups is 1. The summed E-state index contributed by atoms with van der Waals surface area (Å²) >= 11 is 1.43. The molecule has 1 aromatic carbocycles. The first kappa shape index (κ1) is 17.5. The van der Waals surface area contributed by atoms with Crippen LogP contribution in [-0.2, 0) is 4.74 Å². The highest BCUT2D eigenvalue weighted by molar-refractivity contribution is 7.98. The Morgan fingerprint density at radius 2 is 2.32 bits per heavy atom. The maximum absolute atomic E-state index is 12.2. The van der Waals surface area contributed by atoms with Gasteiger partial charge in [-0.25, -0.2) is 14.8 Å². The van der Waals surface area contributed by atoms with Crippen LogP contribution in [0.25, 0.3) is 0 Å². The molecule has 0 saturated heterocycles. The molecule has 0 spiro atoms. The van der Waals surface area contributed by atoms with Gasteiger partial charge in [-0.2, -0.15) is 0 Å². The molecule has 1 atom stereocenters. The van der Waals surface area contributed by atoms with Gasteiger partial charge in [0.25, 0.3) is 0 Å². The number of aromatic nitrogens is 2. The maximum Gasteiger partial charge on any atom is 0.343 e. The highest BCUT2D eigenvalue weighted by atomic mass is 32.2. The second-order valence-electron chi connectivity index (χ2n) is 5.71. The summed E-state index contributed by atoms with van der Waals surface area (Å²) in [5.41, 5.74) is 2.58. The Hall–Kier alpha value is -2.28. The van der Waals surface area contributed by atoms with Crippen LogP contribution in [0.4, 0.5) is 5.82 Å². The fourth-order valence-corrected chi connectivity index (χ4v) is 3.10. The van der Waals surface area contributed by atoms with Gasteiger partial charge < -0.3 is 14.8 Å². The molecule has 2 aromatic rings. The number of rotatable bonds is 5. The van der Waals surface area contributed by atoms with E-state index in [0.29, 0.717) is 29.8 Å². The average Bonchev–Trinajstić information content (AvgIpc) is 2.62. The van der Waals surface area contributed by atoms with E-state index in [1.807, 2.05) is 25.3 Å². The van der Waals surface area contributed by atoms with Crippen LogP contribution in [0.1, 0.15) is 40.9 Å². The van der Waals surface area contributed by atoms with Gasteiger partial charge in [0.15, 0.2) is 5.16 Å². The summed E-state index contributed by atoms with van der Waals surface area (Å²) < 4.78 is 10.9. The predicted molar refractivity (Wildman–Crippen MR) is 97.4 cm³/mol. The summed E-state index contributed by atoms with van der Waals surface area (Å²) in [6.45, 7) is 4.75. The number of aryl methyl sites for hydroxylation is 1. The van der Waals surface area contributed by atoms with Crippen molar-refractivity contribution in [2.75, 3.05) is 24.8 Å². The first-order chi connectivity index (χ1) is 12.1. The zero-order valence-electron chi connectivity index (χ0n) is 14.5. The van der Waals surface area contributed by atoms with Crippen molar-refractivity contribution in [1.29, 1.82) is 0 Å². The van der Waals surface area contributed by atoms with E-state index in [2.05, 4.69) is 21.4 Å². The maximum atomic E-state index is 12.2. The summed E-state index contributed by atoms with van der Waals surface area (Å²) in [7, 11) is 0. The number of nitrogens with zero attached hydrogens (tertiary/aromatic N) is 2. The molecule has 0 bridgehead atoms. The molecule has 3 rings (SSSR count). The Kier molecular flexibility index (Phi) is 5.43. The van der Waals surface area contributed by atoms with Crippen LogP contribution in [0, 0.1) is 6.92 Å². The number of hydrogen-bond donors (Lipinski definition) is 1. The van der Waals surface area contributed by atoms with Crippen LogP contribution in [0.15, 0.2) is 29.6 Å². The lowest BCUT2D eigenvalue weighted by molar-refractivity contribution is 0.0526. The number of fused-ring (bicyclic) bond motifs is 1. The van der Waals surface area contributed by atoms with E-state index in [1.54, 1.807) is 6.92 Å². The number of hydrogen-bond acceptors (Lipinski definition) is 7. The molecule has 1 N–H and O–H groups in total. The van der Waals surface area contributed by atoms with Crippen LogP contribution in [0.3, 0.4) is 0 Å². The van der Waals surface area contributed by atoms with Gasteiger partial charge >= 0.3 is 5.97 Å². The second-order valence-corrected chi connectivity index (χ2v) is 6.49. The molecule has 0 amide bonds. The Balaban J connectivity index is 1.95. The number of ether oxygens (including phenoxy) is 2. The molecule has 1 aliphatic heterocycles. The van der Waals surface area contributed by atoms with E-state index in [-0.39, 0.29) is 6.04 Å². The zero-order chi connectivity index (χ0) is 17.8. The van der Waals surface area contributed by atoms with E-state index in [9.17, 15) is 4.79 Å². The van der Waals surface area contributed by atoms with Gasteiger partial charge in [0.1, 0.15) is 17.1 Å². The van der Waals surface area contributed by atoms with Crippen molar-refractivity contribution < 1.29 is 14.3 Å². The van der Waals surface area contributed by atoms with Crippen molar-refractivity contribution in [3.63, 3.8) is 0 Å². The fourth-order valence-electron chi connectivity index (χ4n) is 2.76. The summed E-state index contributed by atoms with van der Waals surface area (Å²) in [5.74, 6) is 0.942. The van der Waals surface area contributed by atoms with Crippen molar-refractivity contribution >= 4 is 23.5 Å². The van der Waals surface area contributed by atoms with Crippen LogP contribution in [-0.4, -0.2) is 35.4 Å². The van der Waals surface area contributed by atoms with Crippen molar-refractivity contribution in [3.05, 3.63) is 41.1 Å². The lowest BCUT2D eigenvalue weighted by Gasteiger charge is -2.28. The summed E-state index contributed by atoms with van der Waals surface area (Å²) in [6.07, 6.45) is 4.21. The lowest BCUT2D eigenvalue weighted by atomic mass is 9.98. The van der Waals surface area contributed by atoms with Crippen LogP contribution < -0.4 is 10.1 Å². The minimum Gasteiger partial charge on any atom is -0.493 e. The minimum atomic E-state index is -0.422. The molecule has 2 heterocycles. The fraction of sp³-hybridized carbons (Fsp3) is 0.389. The molecule has 0 saturated carbocycles. The number of carbonyl (C=O) groups excluding carboxylic acids is 1. The number of nitrogens with one attached hydrogen (secondary N) is 1. The van der Waals surface area contributed by atoms with E-state index in [1.165, 1.54) is 18.0 Å². The molecule has 132 valence electrons. The van der Waals surface area contributed by atoms with Crippen LogP contribution >= 0.6 is 11.8 Å². The Morgan fingerprint density at radius 1 is 1.48 bits per heavy atom. The number of benzene rings is 1. The van der Waals surface area contributed by atoms with Gasteiger partial charge in [0.2, 0.25) is 0 Å². The number of anilines is 1.